The van der Waals surface area contributed by atoms with Crippen molar-refractivity contribution in [3.63, 3.8) is 0 Å². The standard InChI is InChI=1S/C16H16N4OS/c21-15-13-12(11-5-9-22-10-11)4-6-17-14(13)18-16(19-15)20-7-2-1-3-8-20/h4-6,9-10H,1-3,7-8H2,(H,17,18,19,21). The summed E-state index contributed by atoms with van der Waals surface area (Å²) >= 11 is 1.61. The van der Waals surface area contributed by atoms with Gasteiger partial charge in [-0.1, -0.05) is 0 Å². The predicted octanol–water partition coefficient (Wildman–Crippen LogP) is 3.04. The van der Waals surface area contributed by atoms with Gasteiger partial charge in [0.05, 0.1) is 5.39 Å². The molecule has 3 aromatic rings. The molecule has 3 aromatic heterocycles. The molecule has 1 aliphatic heterocycles. The van der Waals surface area contributed by atoms with Crippen molar-refractivity contribution in [2.45, 2.75) is 19.3 Å². The Kier molecular flexibility index (Phi) is 3.38. The minimum absolute atomic E-state index is 0.111. The van der Waals surface area contributed by atoms with Crippen molar-refractivity contribution >= 4 is 28.3 Å². The van der Waals surface area contributed by atoms with Gasteiger partial charge in [-0.3, -0.25) is 9.78 Å². The van der Waals surface area contributed by atoms with Crippen molar-refractivity contribution in [1.82, 2.24) is 15.0 Å². The number of nitrogens with zero attached hydrogens (tertiary/aromatic N) is 3. The zero-order valence-electron chi connectivity index (χ0n) is 12.1. The van der Waals surface area contributed by atoms with E-state index in [9.17, 15) is 4.79 Å². The van der Waals surface area contributed by atoms with Gasteiger partial charge in [-0.2, -0.15) is 16.3 Å². The molecule has 112 valence electrons. The van der Waals surface area contributed by atoms with E-state index < -0.39 is 0 Å². The second-order valence-corrected chi connectivity index (χ2v) is 6.29. The Balaban J connectivity index is 1.88. The first-order valence-corrected chi connectivity index (χ1v) is 8.44. The summed E-state index contributed by atoms with van der Waals surface area (Å²) in [5, 5.41) is 4.61. The highest BCUT2D eigenvalue weighted by Crippen LogP contribution is 2.27. The predicted molar refractivity (Wildman–Crippen MR) is 89.5 cm³/mol. The van der Waals surface area contributed by atoms with E-state index in [1.165, 1.54) is 6.42 Å². The smallest absolute Gasteiger partial charge is 0.262 e. The Morgan fingerprint density at radius 1 is 1.18 bits per heavy atom. The molecule has 1 saturated heterocycles. The fourth-order valence-corrected chi connectivity index (χ4v) is 3.62. The van der Waals surface area contributed by atoms with Crippen LogP contribution in [0.2, 0.25) is 0 Å². The summed E-state index contributed by atoms with van der Waals surface area (Å²) < 4.78 is 0. The molecule has 0 unspecified atom stereocenters. The summed E-state index contributed by atoms with van der Waals surface area (Å²) in [5.74, 6) is 0.646. The van der Waals surface area contributed by atoms with E-state index in [0.717, 1.165) is 37.1 Å². The lowest BCUT2D eigenvalue weighted by Crippen LogP contribution is -2.32. The molecule has 1 N–H and O–H groups in total. The molecule has 5 nitrogen and oxygen atoms in total. The monoisotopic (exact) mass is 312 g/mol. The molecule has 4 heterocycles. The molecule has 0 bridgehead atoms. The lowest BCUT2D eigenvalue weighted by Gasteiger charge is -2.27. The quantitative estimate of drug-likeness (QED) is 0.790. The van der Waals surface area contributed by atoms with Crippen LogP contribution in [-0.2, 0) is 0 Å². The van der Waals surface area contributed by atoms with Gasteiger partial charge in [0.2, 0.25) is 5.95 Å². The van der Waals surface area contributed by atoms with E-state index in [0.29, 0.717) is 17.0 Å². The van der Waals surface area contributed by atoms with E-state index in [4.69, 9.17) is 0 Å². The number of hydrogen-bond donors (Lipinski definition) is 1. The Morgan fingerprint density at radius 2 is 2.05 bits per heavy atom. The normalized spacial score (nSPS) is 15.4. The molecule has 0 aliphatic carbocycles. The molecule has 0 aromatic carbocycles. The molecule has 22 heavy (non-hydrogen) atoms. The first-order valence-electron chi connectivity index (χ1n) is 7.49. The van der Waals surface area contributed by atoms with Gasteiger partial charge in [0.15, 0.2) is 5.65 Å². The number of aromatic nitrogens is 3. The van der Waals surface area contributed by atoms with Crippen molar-refractivity contribution in [2.24, 2.45) is 0 Å². The molecule has 0 atom stereocenters. The highest BCUT2D eigenvalue weighted by molar-refractivity contribution is 7.08. The molecule has 4 rings (SSSR count). The van der Waals surface area contributed by atoms with Crippen LogP contribution in [0, 0.1) is 0 Å². The lowest BCUT2D eigenvalue weighted by molar-refractivity contribution is 0.568. The SMILES string of the molecule is O=c1[nH]c(N2CCCCC2)nc2nccc(-c3ccsc3)c12. The molecular weight excluding hydrogens is 296 g/mol. The van der Waals surface area contributed by atoms with Gasteiger partial charge >= 0.3 is 0 Å². The van der Waals surface area contributed by atoms with E-state index in [1.54, 1.807) is 17.5 Å². The highest BCUT2D eigenvalue weighted by atomic mass is 32.1. The third kappa shape index (κ3) is 2.29. The maximum atomic E-state index is 12.6. The van der Waals surface area contributed by atoms with Crippen molar-refractivity contribution in [2.75, 3.05) is 18.0 Å². The summed E-state index contributed by atoms with van der Waals surface area (Å²) in [7, 11) is 0. The average molecular weight is 312 g/mol. The van der Waals surface area contributed by atoms with Crippen molar-refractivity contribution in [3.8, 4) is 11.1 Å². The van der Waals surface area contributed by atoms with Gasteiger partial charge in [-0.15, -0.1) is 0 Å². The number of hydrogen-bond acceptors (Lipinski definition) is 5. The second-order valence-electron chi connectivity index (χ2n) is 5.51. The van der Waals surface area contributed by atoms with Crippen LogP contribution in [0.15, 0.2) is 33.9 Å². The molecule has 0 radical (unpaired) electrons. The first kappa shape index (κ1) is 13.5. The zero-order chi connectivity index (χ0) is 14.9. The van der Waals surface area contributed by atoms with E-state index in [-0.39, 0.29) is 5.56 Å². The summed E-state index contributed by atoms with van der Waals surface area (Å²) in [6.45, 7) is 1.89. The van der Waals surface area contributed by atoms with Crippen LogP contribution in [0.25, 0.3) is 22.2 Å². The Bertz CT molecular complexity index is 850. The van der Waals surface area contributed by atoms with E-state index >= 15 is 0 Å². The number of fused-ring (bicyclic) bond motifs is 1. The van der Waals surface area contributed by atoms with E-state index in [2.05, 4.69) is 19.9 Å². The number of anilines is 1. The summed E-state index contributed by atoms with van der Waals surface area (Å²) in [6, 6.07) is 3.89. The van der Waals surface area contributed by atoms with Crippen LogP contribution in [-0.4, -0.2) is 28.0 Å². The van der Waals surface area contributed by atoms with Crippen LogP contribution in [0.1, 0.15) is 19.3 Å². The lowest BCUT2D eigenvalue weighted by atomic mass is 10.1. The van der Waals surface area contributed by atoms with Crippen LogP contribution >= 0.6 is 11.3 Å². The van der Waals surface area contributed by atoms with Crippen LogP contribution < -0.4 is 10.5 Å². The largest absolute Gasteiger partial charge is 0.342 e. The van der Waals surface area contributed by atoms with Gasteiger partial charge in [-0.05, 0) is 47.7 Å². The number of thiophene rings is 1. The maximum Gasteiger partial charge on any atom is 0.262 e. The van der Waals surface area contributed by atoms with E-state index in [1.807, 2.05) is 22.9 Å². The molecule has 1 fully saturated rings. The number of rotatable bonds is 2. The third-order valence-electron chi connectivity index (χ3n) is 4.08. The number of aromatic amines is 1. The Morgan fingerprint density at radius 3 is 2.82 bits per heavy atom. The minimum Gasteiger partial charge on any atom is -0.342 e. The van der Waals surface area contributed by atoms with Gasteiger partial charge in [0.1, 0.15) is 0 Å². The van der Waals surface area contributed by atoms with Gasteiger partial charge < -0.3 is 4.90 Å². The molecule has 0 saturated carbocycles. The maximum absolute atomic E-state index is 12.6. The molecular formula is C16H16N4OS. The number of nitrogens with one attached hydrogen (secondary N) is 1. The second kappa shape index (κ2) is 5.53. The average Bonchev–Trinajstić information content (AvgIpc) is 3.09. The van der Waals surface area contributed by atoms with Crippen LogP contribution in [0.4, 0.5) is 5.95 Å². The molecule has 1 aliphatic rings. The van der Waals surface area contributed by atoms with Crippen molar-refractivity contribution < 1.29 is 0 Å². The molecule has 6 heteroatoms. The number of piperidine rings is 1. The van der Waals surface area contributed by atoms with Crippen LogP contribution in [0.5, 0.6) is 0 Å². The van der Waals surface area contributed by atoms with Gasteiger partial charge in [-0.25, -0.2) is 4.98 Å². The fourth-order valence-electron chi connectivity index (χ4n) is 2.97. The number of pyridine rings is 1. The van der Waals surface area contributed by atoms with Crippen molar-refractivity contribution in [3.05, 3.63) is 39.4 Å². The topological polar surface area (TPSA) is 61.9 Å². The summed E-state index contributed by atoms with van der Waals surface area (Å²) in [6.07, 6.45) is 5.25. The van der Waals surface area contributed by atoms with Gasteiger partial charge in [0, 0.05) is 24.8 Å². The van der Waals surface area contributed by atoms with Gasteiger partial charge in [0.25, 0.3) is 5.56 Å². The molecule has 0 spiro atoms. The van der Waals surface area contributed by atoms with Crippen LogP contribution in [0.3, 0.4) is 0 Å². The minimum atomic E-state index is -0.111. The zero-order valence-corrected chi connectivity index (χ0v) is 12.9. The summed E-state index contributed by atoms with van der Waals surface area (Å²) in [5.41, 5.74) is 2.34. The first-order chi connectivity index (χ1) is 10.8. The Labute approximate surface area is 131 Å². The number of H-pyrrole nitrogens is 1. The molecule has 0 amide bonds. The Hall–Kier alpha value is -2.21. The third-order valence-corrected chi connectivity index (χ3v) is 4.77. The fraction of sp³-hybridized carbons (Fsp3) is 0.312. The highest BCUT2D eigenvalue weighted by Gasteiger charge is 2.16. The summed E-state index contributed by atoms with van der Waals surface area (Å²) in [4.78, 5) is 26.6. The van der Waals surface area contributed by atoms with Crippen molar-refractivity contribution in [1.29, 1.82) is 0 Å².